The zero-order valence-electron chi connectivity index (χ0n) is 5.52. The van der Waals surface area contributed by atoms with Gasteiger partial charge in [-0.15, -0.1) is 0 Å². The fourth-order valence-electron chi connectivity index (χ4n) is 0.427. The van der Waals surface area contributed by atoms with Crippen molar-refractivity contribution in [2.45, 2.75) is 0 Å². The van der Waals surface area contributed by atoms with E-state index < -0.39 is 0 Å². The molecule has 6 nitrogen and oxygen atoms in total. The van der Waals surface area contributed by atoms with Crippen molar-refractivity contribution in [2.75, 3.05) is 17.2 Å². The van der Waals surface area contributed by atoms with Crippen molar-refractivity contribution in [3.05, 3.63) is 0 Å². The van der Waals surface area contributed by atoms with Crippen LogP contribution in [0.4, 0.5) is 17.8 Å². The topological polar surface area (TPSA) is 117 Å². The maximum absolute atomic E-state index is 5.14. The Balaban J connectivity index is 0. The van der Waals surface area contributed by atoms with Gasteiger partial charge in [0.25, 0.3) is 0 Å². The van der Waals surface area contributed by atoms with E-state index in [9.17, 15) is 0 Å². The average molecular weight is 235 g/mol. The molecular weight excluding hydrogens is 227 g/mol. The molecule has 11 heavy (non-hydrogen) atoms. The molecule has 6 N–H and O–H groups in total. The van der Waals surface area contributed by atoms with Crippen LogP contribution in [0.15, 0.2) is 0 Å². The molecule has 0 aliphatic heterocycles. The number of nitrogens with two attached hydrogens (primary N) is 3. The van der Waals surface area contributed by atoms with E-state index >= 15 is 0 Å². The molecule has 0 aliphatic rings. The number of nitrogens with zero attached hydrogens (tertiary/aromatic N) is 3. The quantitative estimate of drug-likeness (QED) is 0.464. The van der Waals surface area contributed by atoms with E-state index in [-0.39, 0.29) is 49.3 Å². The Labute approximate surface area is 81.7 Å². The van der Waals surface area contributed by atoms with E-state index in [1.54, 1.807) is 0 Å². The molecule has 0 amide bonds. The summed E-state index contributed by atoms with van der Waals surface area (Å²) in [6.07, 6.45) is 0. The van der Waals surface area contributed by atoms with Gasteiger partial charge in [-0.1, -0.05) is 0 Å². The van der Waals surface area contributed by atoms with Gasteiger partial charge in [0, 0.05) is 18.0 Å². The number of rotatable bonds is 0. The Kier molecular flexibility index (Phi) is 5.92. The van der Waals surface area contributed by atoms with Gasteiger partial charge in [-0.3, -0.25) is 0 Å². The van der Waals surface area contributed by atoms with Crippen molar-refractivity contribution in [3.8, 4) is 0 Å². The van der Waals surface area contributed by atoms with E-state index in [4.69, 9.17) is 17.2 Å². The first kappa shape index (κ1) is 12.9. The average Bonchev–Trinajstić information content (AvgIpc) is 1.59. The minimum Gasteiger partial charge on any atom is -0.368 e. The van der Waals surface area contributed by atoms with Crippen LogP contribution in [-0.2, 0) is 0 Å². The molecule has 0 atom stereocenters. The predicted molar refractivity (Wildman–Crippen MR) is 49.2 cm³/mol. The van der Waals surface area contributed by atoms with E-state index in [0.29, 0.717) is 0 Å². The molecule has 0 unspecified atom stereocenters. The first-order chi connectivity index (χ1) is 4.18. The maximum atomic E-state index is 5.14. The molecule has 8 heteroatoms. The third-order valence-corrected chi connectivity index (χ3v) is 0.687. The Morgan fingerprint density at radius 1 is 0.727 bits per heavy atom. The summed E-state index contributed by atoms with van der Waals surface area (Å²) in [7, 11) is 0. The maximum Gasteiger partial charge on any atom is 0.226 e. The SMILES string of the molecule is Nc1nc(N)nc(N)n1.S.[As]. The van der Waals surface area contributed by atoms with Crippen LogP contribution in [0.2, 0.25) is 0 Å². The molecule has 0 bridgehead atoms. The zero-order chi connectivity index (χ0) is 6.85. The molecule has 1 aromatic rings. The van der Waals surface area contributed by atoms with Crippen molar-refractivity contribution in [1.29, 1.82) is 0 Å². The minimum atomic E-state index is 0. The fourth-order valence-corrected chi connectivity index (χ4v) is 0.427. The number of anilines is 3. The second-order valence-corrected chi connectivity index (χ2v) is 1.41. The van der Waals surface area contributed by atoms with E-state index in [1.165, 1.54) is 0 Å². The van der Waals surface area contributed by atoms with Gasteiger partial charge in [-0.25, -0.2) is 0 Å². The summed E-state index contributed by atoms with van der Waals surface area (Å²) in [6.45, 7) is 0. The van der Waals surface area contributed by atoms with E-state index in [1.807, 2.05) is 0 Å². The molecule has 0 aliphatic carbocycles. The third-order valence-electron chi connectivity index (χ3n) is 0.687. The summed E-state index contributed by atoms with van der Waals surface area (Å²) in [5, 5.41) is 0. The summed E-state index contributed by atoms with van der Waals surface area (Å²) in [6, 6.07) is 0. The number of hydrogen-bond acceptors (Lipinski definition) is 6. The van der Waals surface area contributed by atoms with Gasteiger partial charge in [0.2, 0.25) is 17.8 Å². The van der Waals surface area contributed by atoms with E-state index in [2.05, 4.69) is 15.0 Å². The standard InChI is InChI=1S/C3H6N6.As.H2S/c4-1-7-2(5)9-3(6)8-1;;/h(H6,4,5,6,7,8,9);;1H2. The second-order valence-electron chi connectivity index (χ2n) is 1.41. The first-order valence-electron chi connectivity index (χ1n) is 2.21. The fraction of sp³-hybridized carbons (Fsp3) is 0. The predicted octanol–water partition coefficient (Wildman–Crippen LogP) is -1.65. The van der Waals surface area contributed by atoms with Crippen LogP contribution in [0.3, 0.4) is 0 Å². The van der Waals surface area contributed by atoms with Gasteiger partial charge in [0.15, 0.2) is 0 Å². The van der Waals surface area contributed by atoms with Gasteiger partial charge in [0.1, 0.15) is 0 Å². The molecular formula is C3H8AsN6S. The van der Waals surface area contributed by atoms with Crippen LogP contribution >= 0.6 is 13.5 Å². The molecule has 0 aromatic carbocycles. The zero-order valence-corrected chi connectivity index (χ0v) is 8.40. The summed E-state index contributed by atoms with van der Waals surface area (Å²) in [5.74, 6) is 0.125. The third kappa shape index (κ3) is 3.90. The summed E-state index contributed by atoms with van der Waals surface area (Å²) in [4.78, 5) is 10.5. The van der Waals surface area contributed by atoms with E-state index in [0.717, 1.165) is 0 Å². The van der Waals surface area contributed by atoms with Crippen LogP contribution in [0.5, 0.6) is 0 Å². The molecule has 0 spiro atoms. The van der Waals surface area contributed by atoms with Crippen molar-refractivity contribution in [1.82, 2.24) is 15.0 Å². The summed E-state index contributed by atoms with van der Waals surface area (Å²) >= 11 is 0. The number of nitrogen functional groups attached to an aromatic ring is 3. The first-order valence-corrected chi connectivity index (χ1v) is 2.21. The molecule has 61 valence electrons. The van der Waals surface area contributed by atoms with Crippen LogP contribution < -0.4 is 17.2 Å². The number of aromatic nitrogens is 3. The van der Waals surface area contributed by atoms with Crippen molar-refractivity contribution in [2.24, 2.45) is 0 Å². The van der Waals surface area contributed by atoms with Gasteiger partial charge < -0.3 is 17.2 Å². The molecule has 1 heterocycles. The van der Waals surface area contributed by atoms with Crippen LogP contribution in [0.1, 0.15) is 0 Å². The Morgan fingerprint density at radius 2 is 0.909 bits per heavy atom. The van der Waals surface area contributed by atoms with Crippen LogP contribution in [0, 0.1) is 0 Å². The van der Waals surface area contributed by atoms with Crippen LogP contribution in [-0.4, -0.2) is 32.9 Å². The molecule has 1 aromatic heterocycles. The molecule has 0 fully saturated rings. The Bertz CT molecular complexity index is 179. The van der Waals surface area contributed by atoms with Gasteiger partial charge in [-0.2, -0.15) is 28.4 Å². The smallest absolute Gasteiger partial charge is 0.226 e. The summed E-state index contributed by atoms with van der Waals surface area (Å²) < 4.78 is 0. The monoisotopic (exact) mass is 235 g/mol. The normalized spacial score (nSPS) is 7.64. The van der Waals surface area contributed by atoms with Gasteiger partial charge in [-0.05, 0) is 0 Å². The Hall–Kier alpha value is -0.682. The number of hydrogen-bond donors (Lipinski definition) is 3. The molecule has 0 saturated carbocycles. The van der Waals surface area contributed by atoms with Gasteiger partial charge in [0.05, 0.1) is 0 Å². The van der Waals surface area contributed by atoms with Crippen molar-refractivity contribution >= 4 is 49.3 Å². The summed E-state index contributed by atoms with van der Waals surface area (Å²) in [5.41, 5.74) is 15.4. The molecule has 0 saturated heterocycles. The van der Waals surface area contributed by atoms with Gasteiger partial charge >= 0.3 is 0 Å². The van der Waals surface area contributed by atoms with Crippen LogP contribution in [0.25, 0.3) is 0 Å². The van der Waals surface area contributed by atoms with Crippen molar-refractivity contribution < 1.29 is 0 Å². The van der Waals surface area contributed by atoms with Crippen molar-refractivity contribution in [3.63, 3.8) is 0 Å². The minimum absolute atomic E-state index is 0. The largest absolute Gasteiger partial charge is 0.368 e. The molecule has 1 rings (SSSR count). The Morgan fingerprint density at radius 3 is 1.09 bits per heavy atom. The second kappa shape index (κ2) is 5.03. The molecule has 3 radical (unpaired) electrons.